The molecule has 5 heteroatoms. The Balaban J connectivity index is 1.67. The smallest absolute Gasteiger partial charge is 0.187 e. The van der Waals surface area contributed by atoms with Gasteiger partial charge in [-0.15, -0.1) is 0 Å². The van der Waals surface area contributed by atoms with E-state index < -0.39 is 0 Å². The van der Waals surface area contributed by atoms with E-state index in [1.807, 2.05) is 43.0 Å². The third-order valence-corrected chi connectivity index (χ3v) is 5.11. The molecular formula is C18H20N2O2S. The molecule has 120 valence electrons. The largest absolute Gasteiger partial charge is 0.492 e. The lowest BCUT2D eigenvalue weighted by Gasteiger charge is -2.12. The molecule has 0 aromatic carbocycles. The highest BCUT2D eigenvalue weighted by molar-refractivity contribution is 8.00. The highest BCUT2D eigenvalue weighted by atomic mass is 32.2. The van der Waals surface area contributed by atoms with Crippen molar-refractivity contribution in [3.8, 4) is 5.75 Å². The number of aromatic nitrogens is 2. The van der Waals surface area contributed by atoms with E-state index in [0.29, 0.717) is 17.6 Å². The molecule has 0 bridgehead atoms. The normalized spacial score (nSPS) is 17.2. The summed E-state index contributed by atoms with van der Waals surface area (Å²) in [6, 6.07) is 9.20. The van der Waals surface area contributed by atoms with Gasteiger partial charge in [-0.3, -0.25) is 9.78 Å². The van der Waals surface area contributed by atoms with Crippen LogP contribution in [0.4, 0.5) is 0 Å². The van der Waals surface area contributed by atoms with Gasteiger partial charge < -0.3 is 4.74 Å². The second-order valence-electron chi connectivity index (χ2n) is 5.70. The first-order valence-electron chi connectivity index (χ1n) is 7.87. The number of pyridine rings is 2. The first-order valence-corrected chi connectivity index (χ1v) is 8.92. The second-order valence-corrected chi connectivity index (χ2v) is 7.10. The molecule has 1 aliphatic rings. The lowest BCUT2D eigenvalue weighted by atomic mass is 10.1. The molecule has 1 aliphatic heterocycles. The maximum absolute atomic E-state index is 12.4. The summed E-state index contributed by atoms with van der Waals surface area (Å²) in [5.41, 5.74) is 2.00. The fraction of sp³-hybridized carbons (Fsp3) is 0.389. The maximum atomic E-state index is 12.4. The van der Waals surface area contributed by atoms with Crippen LogP contribution in [0.2, 0.25) is 0 Å². The summed E-state index contributed by atoms with van der Waals surface area (Å²) in [4.78, 5) is 21.0. The Morgan fingerprint density at radius 3 is 3.04 bits per heavy atom. The molecule has 0 spiro atoms. The minimum absolute atomic E-state index is 0.0347. The number of hydrogen-bond donors (Lipinski definition) is 0. The van der Waals surface area contributed by atoms with Crippen molar-refractivity contribution in [3.05, 3.63) is 53.6 Å². The van der Waals surface area contributed by atoms with Crippen molar-refractivity contribution in [3.63, 3.8) is 0 Å². The highest BCUT2D eigenvalue weighted by Gasteiger charge is 2.17. The monoisotopic (exact) mass is 328 g/mol. The van der Waals surface area contributed by atoms with E-state index in [9.17, 15) is 4.79 Å². The molecule has 0 N–H and O–H groups in total. The third kappa shape index (κ3) is 4.55. The predicted molar refractivity (Wildman–Crippen MR) is 92.2 cm³/mol. The number of aryl methyl sites for hydroxylation is 1. The molecule has 2 aromatic rings. The Kier molecular flexibility index (Phi) is 5.28. The van der Waals surface area contributed by atoms with Crippen LogP contribution in [-0.2, 0) is 6.42 Å². The fourth-order valence-electron chi connectivity index (χ4n) is 2.59. The Labute approximate surface area is 140 Å². The minimum atomic E-state index is -0.0347. The number of carbonyl (C=O) groups excluding carboxylic acids is 1. The number of hydrogen-bond acceptors (Lipinski definition) is 5. The van der Waals surface area contributed by atoms with E-state index >= 15 is 0 Å². The Hall–Kier alpha value is -1.88. The zero-order valence-electron chi connectivity index (χ0n) is 13.2. The Morgan fingerprint density at radius 1 is 1.39 bits per heavy atom. The minimum Gasteiger partial charge on any atom is -0.492 e. The van der Waals surface area contributed by atoms with E-state index in [2.05, 4.69) is 9.97 Å². The van der Waals surface area contributed by atoms with E-state index in [4.69, 9.17) is 4.74 Å². The molecule has 2 aromatic heterocycles. The number of ketones is 1. The van der Waals surface area contributed by atoms with E-state index in [1.54, 1.807) is 12.3 Å². The van der Waals surface area contributed by atoms with Gasteiger partial charge in [0.25, 0.3) is 0 Å². The lowest BCUT2D eigenvalue weighted by molar-refractivity contribution is 0.0986. The maximum Gasteiger partial charge on any atom is 0.187 e. The zero-order chi connectivity index (χ0) is 16.1. The summed E-state index contributed by atoms with van der Waals surface area (Å²) in [6.45, 7) is 2.58. The van der Waals surface area contributed by atoms with Crippen molar-refractivity contribution in [2.45, 2.75) is 31.4 Å². The lowest BCUT2D eigenvalue weighted by Crippen LogP contribution is -2.12. The summed E-state index contributed by atoms with van der Waals surface area (Å²) in [6.07, 6.45) is 4.43. The van der Waals surface area contributed by atoms with Gasteiger partial charge in [0.05, 0.1) is 6.42 Å². The van der Waals surface area contributed by atoms with Gasteiger partial charge in [0, 0.05) is 35.0 Å². The van der Waals surface area contributed by atoms with Crippen molar-refractivity contribution < 1.29 is 9.53 Å². The Morgan fingerprint density at radius 2 is 2.30 bits per heavy atom. The van der Waals surface area contributed by atoms with Crippen LogP contribution in [0.25, 0.3) is 0 Å². The van der Waals surface area contributed by atoms with Crippen LogP contribution in [0.15, 0.2) is 36.5 Å². The van der Waals surface area contributed by atoms with Gasteiger partial charge in [0.1, 0.15) is 18.1 Å². The van der Waals surface area contributed by atoms with Crippen LogP contribution in [0.5, 0.6) is 5.75 Å². The van der Waals surface area contributed by atoms with Crippen LogP contribution in [0, 0.1) is 6.92 Å². The van der Waals surface area contributed by atoms with Gasteiger partial charge in [-0.1, -0.05) is 6.07 Å². The standard InChI is InChI=1S/C18H20N2O2S/c1-13-9-15(22-12-16-6-4-8-23-16)11-17(20-13)18(21)10-14-5-2-3-7-19-14/h2-3,5,7,9,11,16H,4,6,8,10,12H2,1H3. The number of rotatable bonds is 6. The third-order valence-electron chi connectivity index (χ3n) is 3.74. The molecule has 0 amide bonds. The van der Waals surface area contributed by atoms with E-state index in [0.717, 1.165) is 17.1 Å². The molecule has 1 unspecified atom stereocenters. The molecule has 3 heterocycles. The average molecular weight is 328 g/mol. The number of carbonyl (C=O) groups is 1. The molecule has 0 aliphatic carbocycles. The molecule has 4 nitrogen and oxygen atoms in total. The summed E-state index contributed by atoms with van der Waals surface area (Å²) >= 11 is 1.96. The summed E-state index contributed by atoms with van der Waals surface area (Å²) in [5.74, 6) is 1.92. The number of ether oxygens (including phenoxy) is 1. The molecule has 1 fully saturated rings. The summed E-state index contributed by atoms with van der Waals surface area (Å²) < 4.78 is 5.88. The van der Waals surface area contributed by atoms with Crippen molar-refractivity contribution in [2.75, 3.05) is 12.4 Å². The summed E-state index contributed by atoms with van der Waals surface area (Å²) in [7, 11) is 0. The molecule has 1 atom stereocenters. The topological polar surface area (TPSA) is 52.1 Å². The SMILES string of the molecule is Cc1cc(OCC2CCCS2)cc(C(=O)Cc2ccccn2)n1. The summed E-state index contributed by atoms with van der Waals surface area (Å²) in [5, 5.41) is 0.566. The van der Waals surface area contributed by atoms with E-state index in [1.165, 1.54) is 18.6 Å². The van der Waals surface area contributed by atoms with Gasteiger partial charge in [0.15, 0.2) is 5.78 Å². The van der Waals surface area contributed by atoms with Crippen molar-refractivity contribution in [2.24, 2.45) is 0 Å². The Bertz CT molecular complexity index is 670. The average Bonchev–Trinajstić information content (AvgIpc) is 3.07. The molecular weight excluding hydrogens is 308 g/mol. The van der Waals surface area contributed by atoms with Gasteiger partial charge >= 0.3 is 0 Å². The molecule has 1 saturated heterocycles. The van der Waals surface area contributed by atoms with Crippen LogP contribution in [-0.4, -0.2) is 33.4 Å². The van der Waals surface area contributed by atoms with Crippen molar-refractivity contribution in [1.29, 1.82) is 0 Å². The zero-order valence-corrected chi connectivity index (χ0v) is 14.0. The van der Waals surface area contributed by atoms with Gasteiger partial charge in [-0.25, -0.2) is 4.98 Å². The number of Topliss-reactive ketones (excluding diaryl/α,β-unsaturated/α-hetero) is 1. The number of thioether (sulfide) groups is 1. The quantitative estimate of drug-likeness (QED) is 0.760. The predicted octanol–water partition coefficient (Wildman–Crippen LogP) is 3.48. The molecule has 0 radical (unpaired) electrons. The van der Waals surface area contributed by atoms with Gasteiger partial charge in [-0.05, 0) is 37.7 Å². The molecule has 0 saturated carbocycles. The van der Waals surface area contributed by atoms with Crippen molar-refractivity contribution >= 4 is 17.5 Å². The fourth-order valence-corrected chi connectivity index (χ4v) is 3.75. The van der Waals surface area contributed by atoms with Crippen LogP contribution < -0.4 is 4.74 Å². The van der Waals surface area contributed by atoms with Crippen LogP contribution in [0.3, 0.4) is 0 Å². The van der Waals surface area contributed by atoms with Crippen LogP contribution >= 0.6 is 11.8 Å². The van der Waals surface area contributed by atoms with E-state index in [-0.39, 0.29) is 12.2 Å². The first-order chi connectivity index (χ1) is 11.2. The van der Waals surface area contributed by atoms with Gasteiger partial charge in [0.2, 0.25) is 0 Å². The second kappa shape index (κ2) is 7.59. The van der Waals surface area contributed by atoms with Gasteiger partial charge in [-0.2, -0.15) is 11.8 Å². The molecule has 3 rings (SSSR count). The molecule has 23 heavy (non-hydrogen) atoms. The van der Waals surface area contributed by atoms with Crippen LogP contribution in [0.1, 0.15) is 34.7 Å². The first kappa shape index (κ1) is 16.0. The van der Waals surface area contributed by atoms with Crippen molar-refractivity contribution in [1.82, 2.24) is 9.97 Å². The number of nitrogens with zero attached hydrogens (tertiary/aromatic N) is 2. The highest BCUT2D eigenvalue weighted by Crippen LogP contribution is 2.27.